The highest BCUT2D eigenvalue weighted by Gasteiger charge is 2.14. The van der Waals surface area contributed by atoms with Crippen molar-refractivity contribution in [2.24, 2.45) is 0 Å². The van der Waals surface area contributed by atoms with Gasteiger partial charge in [-0.1, -0.05) is 29.4 Å². The van der Waals surface area contributed by atoms with Gasteiger partial charge in [-0.2, -0.15) is 4.98 Å². The van der Waals surface area contributed by atoms with E-state index in [1.165, 1.54) is 0 Å². The molecule has 4 rings (SSSR count). The number of carbonyl (C=O) groups excluding carboxylic acids is 1. The second-order valence-corrected chi connectivity index (χ2v) is 6.74. The number of rotatable bonds is 6. The maximum Gasteiger partial charge on any atom is 0.319 e. The quantitative estimate of drug-likeness (QED) is 0.520. The Labute approximate surface area is 159 Å². The molecule has 0 saturated heterocycles. The monoisotopic (exact) mass is 380 g/mol. The summed E-state index contributed by atoms with van der Waals surface area (Å²) >= 11 is 1.60. The molecule has 1 aromatic carbocycles. The van der Waals surface area contributed by atoms with Crippen molar-refractivity contribution in [2.45, 2.75) is 13.0 Å². The van der Waals surface area contributed by atoms with Crippen LogP contribution in [0, 0.1) is 0 Å². The second-order valence-electron chi connectivity index (χ2n) is 5.71. The minimum absolute atomic E-state index is 0.266. The number of nitrogens with one attached hydrogen (secondary N) is 2. The predicted octanol–water partition coefficient (Wildman–Crippen LogP) is 4.30. The van der Waals surface area contributed by atoms with Crippen molar-refractivity contribution in [3.63, 3.8) is 0 Å². The lowest BCUT2D eigenvalue weighted by molar-refractivity contribution is 0.252. The highest BCUT2D eigenvalue weighted by Crippen LogP contribution is 2.21. The van der Waals surface area contributed by atoms with Crippen LogP contribution in [0.3, 0.4) is 0 Å². The third-order valence-electron chi connectivity index (χ3n) is 3.82. The number of nitrogens with zero attached hydrogens (tertiary/aromatic N) is 2. The molecule has 0 aliphatic heterocycles. The van der Waals surface area contributed by atoms with Crippen LogP contribution in [-0.2, 0) is 13.0 Å². The van der Waals surface area contributed by atoms with Crippen molar-refractivity contribution >= 4 is 23.1 Å². The number of aromatic nitrogens is 2. The van der Waals surface area contributed by atoms with E-state index in [4.69, 9.17) is 8.94 Å². The van der Waals surface area contributed by atoms with E-state index in [9.17, 15) is 4.79 Å². The Hall–Kier alpha value is -3.39. The van der Waals surface area contributed by atoms with E-state index in [0.29, 0.717) is 36.1 Å². The van der Waals surface area contributed by atoms with Gasteiger partial charge in [0.15, 0.2) is 5.76 Å². The Morgan fingerprint density at radius 1 is 1.11 bits per heavy atom. The van der Waals surface area contributed by atoms with Crippen molar-refractivity contribution in [1.29, 1.82) is 0 Å². The van der Waals surface area contributed by atoms with Crippen LogP contribution in [0.25, 0.3) is 11.6 Å². The molecule has 0 fully saturated rings. The molecule has 0 saturated carbocycles. The fraction of sp³-hybridized carbons (Fsp3) is 0.105. The van der Waals surface area contributed by atoms with Gasteiger partial charge in [0, 0.05) is 10.6 Å². The van der Waals surface area contributed by atoms with Gasteiger partial charge in [-0.25, -0.2) is 4.79 Å². The molecule has 2 amide bonds. The SMILES string of the molecule is O=C(NCc1cccs1)Nc1ccccc1Cc1nc(-c2ccco2)no1. The molecule has 136 valence electrons. The maximum absolute atomic E-state index is 12.2. The van der Waals surface area contributed by atoms with Gasteiger partial charge >= 0.3 is 6.03 Å². The van der Waals surface area contributed by atoms with Crippen molar-refractivity contribution in [2.75, 3.05) is 5.32 Å². The summed E-state index contributed by atoms with van der Waals surface area (Å²) in [4.78, 5) is 17.6. The number of hydrogen-bond acceptors (Lipinski definition) is 6. The summed E-state index contributed by atoms with van der Waals surface area (Å²) in [6, 6.07) is 14.7. The summed E-state index contributed by atoms with van der Waals surface area (Å²) in [5, 5.41) is 11.6. The van der Waals surface area contributed by atoms with Crippen LogP contribution in [-0.4, -0.2) is 16.2 Å². The minimum atomic E-state index is -0.266. The molecule has 8 heteroatoms. The van der Waals surface area contributed by atoms with Crippen LogP contribution in [0.4, 0.5) is 10.5 Å². The molecular weight excluding hydrogens is 364 g/mol. The third-order valence-corrected chi connectivity index (χ3v) is 4.70. The first-order valence-electron chi connectivity index (χ1n) is 8.29. The van der Waals surface area contributed by atoms with Crippen LogP contribution in [0.1, 0.15) is 16.3 Å². The van der Waals surface area contributed by atoms with E-state index in [0.717, 1.165) is 10.4 Å². The van der Waals surface area contributed by atoms with Crippen molar-refractivity contribution in [3.8, 4) is 11.6 Å². The molecule has 0 atom stereocenters. The molecule has 4 aromatic rings. The van der Waals surface area contributed by atoms with E-state index < -0.39 is 0 Å². The molecule has 3 aromatic heterocycles. The number of amides is 2. The van der Waals surface area contributed by atoms with Crippen molar-refractivity contribution in [3.05, 3.63) is 76.5 Å². The normalized spacial score (nSPS) is 10.7. The number of benzene rings is 1. The Balaban J connectivity index is 1.42. The van der Waals surface area contributed by atoms with Crippen molar-refractivity contribution in [1.82, 2.24) is 15.5 Å². The van der Waals surface area contributed by atoms with Gasteiger partial charge in [0.05, 0.1) is 19.2 Å². The van der Waals surface area contributed by atoms with E-state index in [1.807, 2.05) is 41.8 Å². The van der Waals surface area contributed by atoms with E-state index >= 15 is 0 Å². The molecule has 2 N–H and O–H groups in total. The Kier molecular flexibility index (Phi) is 4.97. The average Bonchev–Trinajstić information content (AvgIpc) is 3.44. The molecule has 0 unspecified atom stereocenters. The summed E-state index contributed by atoms with van der Waals surface area (Å²) in [7, 11) is 0. The molecule has 0 bridgehead atoms. The Morgan fingerprint density at radius 2 is 2.04 bits per heavy atom. The van der Waals surface area contributed by atoms with Gasteiger partial charge in [0.2, 0.25) is 11.7 Å². The Morgan fingerprint density at radius 3 is 2.85 bits per heavy atom. The van der Waals surface area contributed by atoms with E-state index in [2.05, 4.69) is 20.8 Å². The molecule has 0 radical (unpaired) electrons. The van der Waals surface area contributed by atoms with Gasteiger partial charge in [-0.15, -0.1) is 11.3 Å². The summed E-state index contributed by atoms with van der Waals surface area (Å²) < 4.78 is 10.6. The number of furan rings is 1. The molecular formula is C19H16N4O3S. The zero-order valence-electron chi connectivity index (χ0n) is 14.2. The van der Waals surface area contributed by atoms with Crippen LogP contribution >= 0.6 is 11.3 Å². The maximum atomic E-state index is 12.2. The first-order chi connectivity index (χ1) is 13.3. The summed E-state index contributed by atoms with van der Waals surface area (Å²) in [6.45, 7) is 0.488. The van der Waals surface area contributed by atoms with E-state index in [1.54, 1.807) is 29.7 Å². The molecule has 3 heterocycles. The van der Waals surface area contributed by atoms with Gasteiger partial charge in [-0.05, 0) is 35.2 Å². The zero-order valence-corrected chi connectivity index (χ0v) is 15.0. The summed E-state index contributed by atoms with van der Waals surface area (Å²) in [5.41, 5.74) is 1.57. The number of anilines is 1. The van der Waals surface area contributed by atoms with Crippen LogP contribution in [0.2, 0.25) is 0 Å². The topological polar surface area (TPSA) is 93.2 Å². The van der Waals surface area contributed by atoms with Gasteiger partial charge < -0.3 is 19.6 Å². The minimum Gasteiger partial charge on any atom is -0.461 e. The van der Waals surface area contributed by atoms with Gasteiger partial charge in [0.1, 0.15) is 0 Å². The smallest absolute Gasteiger partial charge is 0.319 e. The lowest BCUT2D eigenvalue weighted by Gasteiger charge is -2.10. The number of urea groups is 1. The van der Waals surface area contributed by atoms with Crippen LogP contribution in [0.15, 0.2) is 69.1 Å². The lowest BCUT2D eigenvalue weighted by atomic mass is 10.1. The zero-order chi connectivity index (χ0) is 18.5. The molecule has 0 spiro atoms. The molecule has 0 aliphatic carbocycles. The predicted molar refractivity (Wildman–Crippen MR) is 101 cm³/mol. The standard InChI is InChI=1S/C19H16N4O3S/c24-19(20-12-14-6-4-10-27-14)21-15-7-2-1-5-13(15)11-17-22-18(23-26-17)16-8-3-9-25-16/h1-10H,11-12H2,(H2,20,21,24). The fourth-order valence-corrected chi connectivity index (χ4v) is 3.18. The van der Waals surface area contributed by atoms with Crippen LogP contribution < -0.4 is 10.6 Å². The fourth-order valence-electron chi connectivity index (χ4n) is 2.54. The summed E-state index contributed by atoms with van der Waals surface area (Å²) in [6.07, 6.45) is 1.95. The molecule has 7 nitrogen and oxygen atoms in total. The number of para-hydroxylation sites is 1. The largest absolute Gasteiger partial charge is 0.461 e. The molecule has 0 aliphatic rings. The number of thiophene rings is 1. The first kappa shape index (κ1) is 17.0. The van der Waals surface area contributed by atoms with Crippen LogP contribution in [0.5, 0.6) is 0 Å². The number of carbonyl (C=O) groups is 1. The van der Waals surface area contributed by atoms with E-state index in [-0.39, 0.29) is 6.03 Å². The van der Waals surface area contributed by atoms with Gasteiger partial charge in [-0.3, -0.25) is 0 Å². The van der Waals surface area contributed by atoms with Gasteiger partial charge in [0.25, 0.3) is 0 Å². The first-order valence-corrected chi connectivity index (χ1v) is 9.17. The lowest BCUT2D eigenvalue weighted by Crippen LogP contribution is -2.28. The summed E-state index contributed by atoms with van der Waals surface area (Å²) in [5.74, 6) is 1.38. The highest BCUT2D eigenvalue weighted by molar-refractivity contribution is 7.09. The molecule has 27 heavy (non-hydrogen) atoms. The highest BCUT2D eigenvalue weighted by atomic mass is 32.1. The third kappa shape index (κ3) is 4.24. The van der Waals surface area contributed by atoms with Crippen molar-refractivity contribution < 1.29 is 13.7 Å². The number of hydrogen-bond donors (Lipinski definition) is 2. The average molecular weight is 380 g/mol. The Bertz CT molecular complexity index is 1010. The second kappa shape index (κ2) is 7.88.